The molecule has 2 atom stereocenters. The van der Waals surface area contributed by atoms with Gasteiger partial charge in [0.25, 0.3) is 0 Å². The summed E-state index contributed by atoms with van der Waals surface area (Å²) in [5.74, 6) is 0.293. The lowest BCUT2D eigenvalue weighted by Gasteiger charge is -2.21. The fourth-order valence-corrected chi connectivity index (χ4v) is 2.15. The van der Waals surface area contributed by atoms with E-state index in [1.807, 2.05) is 0 Å². The topological polar surface area (TPSA) is 84.6 Å². The van der Waals surface area contributed by atoms with Crippen LogP contribution in [0.5, 0.6) is 5.75 Å². The Kier molecular flexibility index (Phi) is 4.06. The number of nitrogens with two attached hydrogens (primary N) is 1. The van der Waals surface area contributed by atoms with Crippen LogP contribution in [0, 0.1) is 0 Å². The number of rotatable bonds is 2. The van der Waals surface area contributed by atoms with Gasteiger partial charge in [-0.15, -0.1) is 0 Å². The lowest BCUT2D eigenvalue weighted by molar-refractivity contribution is -0.121. The zero-order valence-electron chi connectivity index (χ0n) is 9.73. The summed E-state index contributed by atoms with van der Waals surface area (Å²) >= 11 is 5.90. The van der Waals surface area contributed by atoms with Crippen molar-refractivity contribution in [2.45, 2.75) is 18.6 Å². The normalized spacial score (nSPS) is 22.6. The number of carbonyl (C=O) groups is 1. The molecule has 1 aromatic carbocycles. The van der Waals surface area contributed by atoms with Crippen LogP contribution in [0.15, 0.2) is 18.2 Å². The second kappa shape index (κ2) is 5.56. The molecule has 1 aromatic rings. The van der Waals surface area contributed by atoms with Gasteiger partial charge in [-0.1, -0.05) is 11.6 Å². The molecule has 0 aromatic heterocycles. The maximum absolute atomic E-state index is 11.3. The average Bonchev–Trinajstić information content (AvgIpc) is 2.51. The largest absolute Gasteiger partial charge is 0.493 e. The highest BCUT2D eigenvalue weighted by Crippen LogP contribution is 2.33. The number of aliphatic hydroxyl groups is 1. The van der Waals surface area contributed by atoms with Gasteiger partial charge in [-0.3, -0.25) is 4.79 Å². The Morgan fingerprint density at radius 1 is 1.61 bits per heavy atom. The van der Waals surface area contributed by atoms with Gasteiger partial charge >= 0.3 is 0 Å². The van der Waals surface area contributed by atoms with Crippen LogP contribution < -0.4 is 15.8 Å². The SMILES string of the molecule is NCC(=O)NC1CCOc2ccc(Cl)cc2C1O. The number of hydrogen-bond acceptors (Lipinski definition) is 4. The van der Waals surface area contributed by atoms with Crippen molar-refractivity contribution < 1.29 is 14.6 Å². The number of hydrogen-bond donors (Lipinski definition) is 3. The molecule has 0 saturated heterocycles. The average molecular weight is 271 g/mol. The Morgan fingerprint density at radius 2 is 2.39 bits per heavy atom. The van der Waals surface area contributed by atoms with Crippen LogP contribution in [0.3, 0.4) is 0 Å². The molecule has 6 heteroatoms. The number of aliphatic hydroxyl groups excluding tert-OH is 1. The number of nitrogens with one attached hydrogen (secondary N) is 1. The van der Waals surface area contributed by atoms with Crippen molar-refractivity contribution in [2.75, 3.05) is 13.2 Å². The summed E-state index contributed by atoms with van der Waals surface area (Å²) < 4.78 is 5.52. The zero-order valence-corrected chi connectivity index (χ0v) is 10.5. The lowest BCUT2D eigenvalue weighted by atomic mass is 10.00. The summed E-state index contributed by atoms with van der Waals surface area (Å²) in [7, 11) is 0. The first-order valence-corrected chi connectivity index (χ1v) is 6.09. The van der Waals surface area contributed by atoms with E-state index in [-0.39, 0.29) is 12.5 Å². The number of halogens is 1. The highest BCUT2D eigenvalue weighted by atomic mass is 35.5. The maximum atomic E-state index is 11.3. The molecule has 2 rings (SSSR count). The van der Waals surface area contributed by atoms with E-state index in [1.165, 1.54) is 0 Å². The maximum Gasteiger partial charge on any atom is 0.234 e. The fraction of sp³-hybridized carbons (Fsp3) is 0.417. The van der Waals surface area contributed by atoms with Crippen LogP contribution in [-0.2, 0) is 4.79 Å². The van der Waals surface area contributed by atoms with E-state index < -0.39 is 12.1 Å². The van der Waals surface area contributed by atoms with Crippen LogP contribution >= 0.6 is 11.6 Å². The Morgan fingerprint density at radius 3 is 3.11 bits per heavy atom. The molecule has 0 aliphatic carbocycles. The summed E-state index contributed by atoms with van der Waals surface area (Å²) in [4.78, 5) is 11.3. The molecule has 0 saturated carbocycles. The van der Waals surface area contributed by atoms with Crippen molar-refractivity contribution in [3.8, 4) is 5.75 Å². The number of fused-ring (bicyclic) bond motifs is 1. The van der Waals surface area contributed by atoms with E-state index in [1.54, 1.807) is 18.2 Å². The molecule has 0 fully saturated rings. The van der Waals surface area contributed by atoms with Gasteiger partial charge in [-0.2, -0.15) is 0 Å². The predicted octanol–water partition coefficient (Wildman–Crippen LogP) is 0.599. The number of benzene rings is 1. The predicted molar refractivity (Wildman–Crippen MR) is 67.5 cm³/mol. The van der Waals surface area contributed by atoms with Gasteiger partial charge in [-0.05, 0) is 18.2 Å². The van der Waals surface area contributed by atoms with Gasteiger partial charge in [0.05, 0.1) is 19.2 Å². The van der Waals surface area contributed by atoms with Crippen LogP contribution in [0.2, 0.25) is 5.02 Å². The van der Waals surface area contributed by atoms with Crippen molar-refractivity contribution in [2.24, 2.45) is 5.73 Å². The third-order valence-corrected chi connectivity index (χ3v) is 3.12. The number of amides is 1. The van der Waals surface area contributed by atoms with Crippen LogP contribution in [0.1, 0.15) is 18.1 Å². The van der Waals surface area contributed by atoms with E-state index in [0.29, 0.717) is 29.4 Å². The summed E-state index contributed by atoms with van der Waals surface area (Å²) in [5.41, 5.74) is 5.83. The number of carbonyl (C=O) groups excluding carboxylic acids is 1. The quantitative estimate of drug-likeness (QED) is 0.735. The molecular weight excluding hydrogens is 256 g/mol. The third-order valence-electron chi connectivity index (χ3n) is 2.89. The fourth-order valence-electron chi connectivity index (χ4n) is 1.97. The van der Waals surface area contributed by atoms with Crippen molar-refractivity contribution in [1.29, 1.82) is 0 Å². The van der Waals surface area contributed by atoms with Gasteiger partial charge in [0, 0.05) is 17.0 Å². The lowest BCUT2D eigenvalue weighted by Crippen LogP contribution is -2.42. The standard InChI is InChI=1S/C12H15ClN2O3/c13-7-1-2-10-8(5-7)12(17)9(3-4-18-10)15-11(16)6-14/h1-2,5,9,12,17H,3-4,6,14H2,(H,15,16). The van der Waals surface area contributed by atoms with Gasteiger partial charge in [0.15, 0.2) is 0 Å². The Balaban J connectivity index is 2.25. The molecule has 5 nitrogen and oxygen atoms in total. The van der Waals surface area contributed by atoms with Crippen molar-refractivity contribution >= 4 is 17.5 Å². The van der Waals surface area contributed by atoms with Gasteiger partial charge in [-0.25, -0.2) is 0 Å². The first-order chi connectivity index (χ1) is 8.61. The van der Waals surface area contributed by atoms with E-state index >= 15 is 0 Å². The van der Waals surface area contributed by atoms with Crippen LogP contribution in [-0.4, -0.2) is 30.2 Å². The molecule has 0 spiro atoms. The van der Waals surface area contributed by atoms with E-state index in [2.05, 4.69) is 5.32 Å². The van der Waals surface area contributed by atoms with E-state index in [0.717, 1.165) is 0 Å². The zero-order chi connectivity index (χ0) is 13.1. The molecule has 0 bridgehead atoms. The van der Waals surface area contributed by atoms with Gasteiger partial charge in [0.2, 0.25) is 5.91 Å². The van der Waals surface area contributed by atoms with Crippen LogP contribution in [0.25, 0.3) is 0 Å². The van der Waals surface area contributed by atoms with Crippen molar-refractivity contribution in [3.63, 3.8) is 0 Å². The van der Waals surface area contributed by atoms with Gasteiger partial charge in [0.1, 0.15) is 11.9 Å². The summed E-state index contributed by atoms with van der Waals surface area (Å²) in [6, 6.07) is 4.65. The molecule has 1 heterocycles. The molecule has 1 amide bonds. The van der Waals surface area contributed by atoms with Gasteiger partial charge < -0.3 is 20.9 Å². The smallest absolute Gasteiger partial charge is 0.234 e. The highest BCUT2D eigenvalue weighted by molar-refractivity contribution is 6.30. The summed E-state index contributed by atoms with van der Waals surface area (Å²) in [6.07, 6.45) is -0.337. The molecule has 1 aliphatic rings. The molecule has 4 N–H and O–H groups in total. The van der Waals surface area contributed by atoms with Crippen molar-refractivity contribution in [3.05, 3.63) is 28.8 Å². The molecule has 18 heavy (non-hydrogen) atoms. The molecule has 98 valence electrons. The third kappa shape index (κ3) is 2.75. The molecule has 2 unspecified atom stereocenters. The Bertz CT molecular complexity index is 453. The van der Waals surface area contributed by atoms with Crippen LogP contribution in [0.4, 0.5) is 0 Å². The minimum absolute atomic E-state index is 0.105. The second-order valence-corrected chi connectivity index (χ2v) is 4.58. The molecular formula is C12H15ClN2O3. The minimum Gasteiger partial charge on any atom is -0.493 e. The van der Waals surface area contributed by atoms with Crippen molar-refractivity contribution in [1.82, 2.24) is 5.32 Å². The number of ether oxygens (including phenoxy) is 1. The summed E-state index contributed by atoms with van der Waals surface area (Å²) in [5, 5.41) is 13.5. The summed E-state index contributed by atoms with van der Waals surface area (Å²) in [6.45, 7) is 0.313. The van der Waals surface area contributed by atoms with E-state index in [9.17, 15) is 9.90 Å². The first kappa shape index (κ1) is 13.1. The second-order valence-electron chi connectivity index (χ2n) is 4.14. The monoisotopic (exact) mass is 270 g/mol. The Labute approximate surface area is 110 Å². The Hall–Kier alpha value is -1.30. The molecule has 0 radical (unpaired) electrons. The molecule has 1 aliphatic heterocycles. The minimum atomic E-state index is -0.850. The van der Waals surface area contributed by atoms with E-state index in [4.69, 9.17) is 22.1 Å². The first-order valence-electron chi connectivity index (χ1n) is 5.71. The highest BCUT2D eigenvalue weighted by Gasteiger charge is 2.28.